The third-order valence-electron chi connectivity index (χ3n) is 5.98. The van der Waals surface area contributed by atoms with Gasteiger partial charge in [0.2, 0.25) is 11.9 Å². The minimum Gasteiger partial charge on any atom is -0.379 e. The van der Waals surface area contributed by atoms with E-state index in [9.17, 15) is 4.79 Å². The van der Waals surface area contributed by atoms with Crippen molar-refractivity contribution in [2.75, 3.05) is 64.9 Å². The van der Waals surface area contributed by atoms with Gasteiger partial charge in [-0.25, -0.2) is 9.97 Å². The van der Waals surface area contributed by atoms with E-state index in [0.717, 1.165) is 49.3 Å². The number of aromatic nitrogens is 2. The topological polar surface area (TPSA) is 61.8 Å². The van der Waals surface area contributed by atoms with E-state index in [1.807, 2.05) is 54.4 Å². The highest BCUT2D eigenvalue weighted by Crippen LogP contribution is 2.34. The zero-order valence-corrected chi connectivity index (χ0v) is 19.0. The summed E-state index contributed by atoms with van der Waals surface area (Å²) in [4.78, 5) is 28.6. The lowest BCUT2D eigenvalue weighted by Gasteiger charge is -2.35. The minimum absolute atomic E-state index is 0.176. The standard InChI is InChI=1S/C23H30ClN5O2/c1-27(2)23-25-14-20(17-5-7-19(24)8-6-17)22(26-23)18-4-3-9-29(15-18)21(30)16-28-10-12-31-13-11-28/h5-8,14,18H,3-4,9-13,15-16H2,1-2H3/t18-/m1/s1. The van der Waals surface area contributed by atoms with E-state index in [-0.39, 0.29) is 11.8 Å². The summed E-state index contributed by atoms with van der Waals surface area (Å²) in [5.41, 5.74) is 3.06. The van der Waals surface area contributed by atoms with Crippen LogP contribution in [0.1, 0.15) is 24.5 Å². The third kappa shape index (κ3) is 5.34. The minimum atomic E-state index is 0.176. The largest absolute Gasteiger partial charge is 0.379 e. The molecular weight excluding hydrogens is 414 g/mol. The van der Waals surface area contributed by atoms with Gasteiger partial charge in [-0.2, -0.15) is 0 Å². The van der Waals surface area contributed by atoms with Crippen molar-refractivity contribution in [1.82, 2.24) is 19.8 Å². The predicted molar refractivity (Wildman–Crippen MR) is 123 cm³/mol. The molecular formula is C23H30ClN5O2. The van der Waals surface area contributed by atoms with Crippen LogP contribution in [0.15, 0.2) is 30.5 Å². The molecule has 1 atom stereocenters. The molecule has 0 saturated carbocycles. The Labute approximate surface area is 189 Å². The molecule has 0 bridgehead atoms. The van der Waals surface area contributed by atoms with Gasteiger partial charge in [-0.1, -0.05) is 23.7 Å². The van der Waals surface area contributed by atoms with E-state index >= 15 is 0 Å². The van der Waals surface area contributed by atoms with Crippen molar-refractivity contribution < 1.29 is 9.53 Å². The van der Waals surface area contributed by atoms with Crippen LogP contribution in [0.5, 0.6) is 0 Å². The van der Waals surface area contributed by atoms with Crippen molar-refractivity contribution in [3.63, 3.8) is 0 Å². The van der Waals surface area contributed by atoms with Crippen LogP contribution in [0.25, 0.3) is 11.1 Å². The second-order valence-electron chi connectivity index (χ2n) is 8.44. The highest BCUT2D eigenvalue weighted by molar-refractivity contribution is 6.30. The molecule has 1 aromatic carbocycles. The van der Waals surface area contributed by atoms with Gasteiger partial charge >= 0.3 is 0 Å². The average Bonchev–Trinajstić information content (AvgIpc) is 2.80. The molecule has 4 rings (SSSR count). The number of nitrogens with zero attached hydrogens (tertiary/aromatic N) is 5. The maximum absolute atomic E-state index is 13.0. The Hall–Kier alpha value is -2.22. The highest BCUT2D eigenvalue weighted by atomic mass is 35.5. The second kappa shape index (κ2) is 9.94. The van der Waals surface area contributed by atoms with Gasteiger partial charge in [0.25, 0.3) is 0 Å². The fourth-order valence-electron chi connectivity index (χ4n) is 4.24. The van der Waals surface area contributed by atoms with Crippen LogP contribution in [0.2, 0.25) is 5.02 Å². The van der Waals surface area contributed by atoms with Crippen LogP contribution in [-0.2, 0) is 9.53 Å². The molecule has 8 heteroatoms. The number of halogens is 1. The molecule has 1 aromatic heterocycles. The molecule has 31 heavy (non-hydrogen) atoms. The van der Waals surface area contributed by atoms with Gasteiger partial charge < -0.3 is 14.5 Å². The number of ether oxygens (including phenoxy) is 1. The molecule has 2 saturated heterocycles. The molecule has 166 valence electrons. The fraction of sp³-hybridized carbons (Fsp3) is 0.522. The first-order valence-electron chi connectivity index (χ1n) is 10.9. The molecule has 2 aliphatic heterocycles. The Kier molecular flexibility index (Phi) is 7.05. The van der Waals surface area contributed by atoms with Gasteiger partial charge in [0.15, 0.2) is 0 Å². The maximum Gasteiger partial charge on any atom is 0.236 e. The number of likely N-dealkylation sites (tertiary alicyclic amines) is 1. The van der Waals surface area contributed by atoms with Crippen molar-refractivity contribution in [3.05, 3.63) is 41.2 Å². The van der Waals surface area contributed by atoms with Crippen LogP contribution in [-0.4, -0.2) is 85.7 Å². The summed E-state index contributed by atoms with van der Waals surface area (Å²) in [6, 6.07) is 7.78. The van der Waals surface area contributed by atoms with Gasteiger partial charge in [-0.15, -0.1) is 0 Å². The summed E-state index contributed by atoms with van der Waals surface area (Å²) >= 11 is 6.09. The van der Waals surface area contributed by atoms with E-state index in [0.29, 0.717) is 37.3 Å². The number of benzene rings is 1. The zero-order chi connectivity index (χ0) is 21.8. The van der Waals surface area contributed by atoms with E-state index in [1.54, 1.807) is 0 Å². The van der Waals surface area contributed by atoms with Crippen molar-refractivity contribution in [2.45, 2.75) is 18.8 Å². The highest BCUT2D eigenvalue weighted by Gasteiger charge is 2.29. The fourth-order valence-corrected chi connectivity index (χ4v) is 4.37. The van der Waals surface area contributed by atoms with Crippen molar-refractivity contribution >= 4 is 23.5 Å². The first-order valence-corrected chi connectivity index (χ1v) is 11.3. The van der Waals surface area contributed by atoms with Gasteiger partial charge in [-0.3, -0.25) is 9.69 Å². The molecule has 2 aromatic rings. The number of morpholine rings is 1. The lowest BCUT2D eigenvalue weighted by molar-refractivity contribution is -0.134. The zero-order valence-electron chi connectivity index (χ0n) is 18.3. The Balaban J connectivity index is 1.57. The van der Waals surface area contributed by atoms with Crippen molar-refractivity contribution in [3.8, 4) is 11.1 Å². The first-order chi connectivity index (χ1) is 15.0. The number of carbonyl (C=O) groups excluding carboxylic acids is 1. The van der Waals surface area contributed by atoms with E-state index < -0.39 is 0 Å². The van der Waals surface area contributed by atoms with Crippen molar-refractivity contribution in [2.24, 2.45) is 0 Å². The summed E-state index contributed by atoms with van der Waals surface area (Å²) in [5.74, 6) is 1.06. The van der Waals surface area contributed by atoms with Crippen LogP contribution in [0, 0.1) is 0 Å². The predicted octanol–water partition coefficient (Wildman–Crippen LogP) is 2.90. The number of piperidine rings is 1. The summed E-state index contributed by atoms with van der Waals surface area (Å²) in [5, 5.41) is 0.702. The smallest absolute Gasteiger partial charge is 0.236 e. The lowest BCUT2D eigenvalue weighted by atomic mass is 9.90. The quantitative estimate of drug-likeness (QED) is 0.708. The number of amides is 1. The Morgan fingerprint density at radius 3 is 2.65 bits per heavy atom. The molecule has 0 radical (unpaired) electrons. The number of hydrogen-bond acceptors (Lipinski definition) is 6. The molecule has 2 fully saturated rings. The maximum atomic E-state index is 13.0. The monoisotopic (exact) mass is 443 g/mol. The molecule has 0 unspecified atom stereocenters. The Morgan fingerprint density at radius 1 is 1.19 bits per heavy atom. The SMILES string of the molecule is CN(C)c1ncc(-c2ccc(Cl)cc2)c([C@@H]2CCCN(C(=O)CN3CCOCC3)C2)n1. The molecule has 1 amide bonds. The summed E-state index contributed by atoms with van der Waals surface area (Å²) in [6.07, 6.45) is 3.88. The molecule has 0 N–H and O–H groups in total. The normalized spacial score (nSPS) is 20.0. The molecule has 0 aliphatic carbocycles. The molecule has 3 heterocycles. The third-order valence-corrected chi connectivity index (χ3v) is 6.24. The van der Waals surface area contributed by atoms with Gasteiger partial charge in [0, 0.05) is 63.0 Å². The van der Waals surface area contributed by atoms with E-state index in [2.05, 4.69) is 9.88 Å². The Bertz CT molecular complexity index is 899. The first kappa shape index (κ1) is 22.0. The van der Waals surface area contributed by atoms with Crippen LogP contribution in [0.4, 0.5) is 5.95 Å². The molecule has 0 spiro atoms. The van der Waals surface area contributed by atoms with Gasteiger partial charge in [0.05, 0.1) is 25.5 Å². The second-order valence-corrected chi connectivity index (χ2v) is 8.87. The number of carbonyl (C=O) groups is 1. The lowest BCUT2D eigenvalue weighted by Crippen LogP contribution is -2.47. The number of hydrogen-bond donors (Lipinski definition) is 0. The summed E-state index contributed by atoms with van der Waals surface area (Å²) in [6.45, 7) is 5.01. The summed E-state index contributed by atoms with van der Waals surface area (Å²) < 4.78 is 5.40. The van der Waals surface area contributed by atoms with Crippen LogP contribution >= 0.6 is 11.6 Å². The van der Waals surface area contributed by atoms with Crippen molar-refractivity contribution in [1.29, 1.82) is 0 Å². The van der Waals surface area contributed by atoms with Gasteiger partial charge in [-0.05, 0) is 30.5 Å². The number of rotatable bonds is 5. The number of anilines is 1. The van der Waals surface area contributed by atoms with Crippen LogP contribution < -0.4 is 4.90 Å². The van der Waals surface area contributed by atoms with E-state index in [1.165, 1.54) is 0 Å². The Morgan fingerprint density at radius 2 is 1.94 bits per heavy atom. The van der Waals surface area contributed by atoms with Crippen LogP contribution in [0.3, 0.4) is 0 Å². The van der Waals surface area contributed by atoms with E-state index in [4.69, 9.17) is 21.3 Å². The molecule has 2 aliphatic rings. The van der Waals surface area contributed by atoms with Gasteiger partial charge in [0.1, 0.15) is 0 Å². The summed E-state index contributed by atoms with van der Waals surface area (Å²) in [7, 11) is 3.89. The molecule has 7 nitrogen and oxygen atoms in total. The average molecular weight is 444 g/mol.